The lowest BCUT2D eigenvalue weighted by molar-refractivity contribution is 0.0699. The van der Waals surface area contributed by atoms with E-state index in [1.54, 1.807) is 6.07 Å². The summed E-state index contributed by atoms with van der Waals surface area (Å²) in [5.74, 6) is -0.230. The Morgan fingerprint density at radius 3 is 2.59 bits per heavy atom. The molecule has 1 unspecified atom stereocenters. The van der Waals surface area contributed by atoms with Crippen LogP contribution in [-0.2, 0) is 22.0 Å². The van der Waals surface area contributed by atoms with Crippen molar-refractivity contribution in [2.75, 3.05) is 12.8 Å². The molecule has 6 heteroatoms. The molecule has 0 aliphatic carbocycles. The smallest absolute Gasteiger partial charge is 0.290 e. The van der Waals surface area contributed by atoms with Crippen molar-refractivity contribution >= 4 is 26.7 Å². The third-order valence-corrected chi connectivity index (χ3v) is 6.36. The van der Waals surface area contributed by atoms with Crippen molar-refractivity contribution in [1.82, 2.24) is 4.90 Å². The second kappa shape index (κ2) is 8.03. The monoisotopic (exact) mass is 411 g/mol. The molecule has 0 bridgehead atoms. The summed E-state index contributed by atoms with van der Waals surface area (Å²) in [4.78, 5) is 15.2. The number of fused-ring (bicyclic) bond motifs is 1. The number of hydrogen-bond donors (Lipinski definition) is 0. The molecule has 29 heavy (non-hydrogen) atoms. The molecule has 0 radical (unpaired) electrons. The summed E-state index contributed by atoms with van der Waals surface area (Å²) in [5.41, 5.74) is 2.28. The maximum atomic E-state index is 13.4. The van der Waals surface area contributed by atoms with Gasteiger partial charge in [0.1, 0.15) is 5.58 Å². The molecule has 4 rings (SSSR count). The van der Waals surface area contributed by atoms with E-state index < -0.39 is 9.84 Å². The van der Waals surface area contributed by atoms with Crippen LogP contribution < -0.4 is 0 Å². The fraction of sp³-hybridized carbons (Fsp3) is 0.348. The number of carbonyl (C=O) groups excluding carboxylic acids is 1. The van der Waals surface area contributed by atoms with Crippen LogP contribution in [0.5, 0.6) is 0 Å². The quantitative estimate of drug-likeness (QED) is 0.609. The van der Waals surface area contributed by atoms with Gasteiger partial charge in [-0.15, -0.1) is 0 Å². The highest BCUT2D eigenvalue weighted by Crippen LogP contribution is 2.31. The van der Waals surface area contributed by atoms with Crippen molar-refractivity contribution in [3.05, 3.63) is 71.5 Å². The average molecular weight is 412 g/mol. The van der Waals surface area contributed by atoms with E-state index in [-0.39, 0.29) is 23.5 Å². The third kappa shape index (κ3) is 4.37. The summed E-state index contributed by atoms with van der Waals surface area (Å²) in [6, 6.07) is 17.6. The van der Waals surface area contributed by atoms with Crippen LogP contribution in [0.1, 0.15) is 40.9 Å². The number of amides is 1. The first-order chi connectivity index (χ1) is 13.9. The number of likely N-dealkylation sites (tertiary alicyclic amines) is 1. The van der Waals surface area contributed by atoms with Gasteiger partial charge in [-0.05, 0) is 37.3 Å². The van der Waals surface area contributed by atoms with Crippen LogP contribution in [0.15, 0.2) is 59.0 Å². The van der Waals surface area contributed by atoms with E-state index in [0.717, 1.165) is 25.7 Å². The summed E-state index contributed by atoms with van der Waals surface area (Å²) in [6.45, 7) is 0.674. The number of furan rings is 1. The number of benzene rings is 2. The SMILES string of the molecule is CS(=O)(=O)Cc1c(C(=O)N2CCCC2CCc2ccccc2)oc2ccccc12. The lowest BCUT2D eigenvalue weighted by Crippen LogP contribution is -2.36. The summed E-state index contributed by atoms with van der Waals surface area (Å²) < 4.78 is 29.9. The van der Waals surface area contributed by atoms with Crippen LogP contribution >= 0.6 is 0 Å². The maximum Gasteiger partial charge on any atom is 0.290 e. The second-order valence-corrected chi connectivity index (χ2v) is 9.94. The second-order valence-electron chi connectivity index (χ2n) is 7.79. The molecule has 1 atom stereocenters. The molecule has 0 saturated carbocycles. The van der Waals surface area contributed by atoms with Gasteiger partial charge in [0.2, 0.25) is 0 Å². The van der Waals surface area contributed by atoms with E-state index in [0.29, 0.717) is 23.1 Å². The average Bonchev–Trinajstić information content (AvgIpc) is 3.31. The molecule has 1 aliphatic rings. The van der Waals surface area contributed by atoms with E-state index in [1.165, 1.54) is 11.8 Å². The van der Waals surface area contributed by atoms with Crippen molar-refractivity contribution in [3.8, 4) is 0 Å². The van der Waals surface area contributed by atoms with E-state index in [2.05, 4.69) is 12.1 Å². The lowest BCUT2D eigenvalue weighted by Gasteiger charge is -2.24. The van der Waals surface area contributed by atoms with E-state index in [9.17, 15) is 13.2 Å². The van der Waals surface area contributed by atoms with Gasteiger partial charge in [-0.1, -0.05) is 48.5 Å². The Morgan fingerprint density at radius 2 is 1.83 bits per heavy atom. The van der Waals surface area contributed by atoms with Crippen LogP contribution in [0.2, 0.25) is 0 Å². The molecule has 5 nitrogen and oxygen atoms in total. The zero-order valence-electron chi connectivity index (χ0n) is 16.5. The van der Waals surface area contributed by atoms with Gasteiger partial charge < -0.3 is 9.32 Å². The molecule has 152 valence electrons. The molecule has 1 fully saturated rings. The molecule has 0 N–H and O–H groups in total. The van der Waals surface area contributed by atoms with Crippen molar-refractivity contribution in [3.63, 3.8) is 0 Å². The number of para-hydroxylation sites is 1. The predicted molar refractivity (Wildman–Crippen MR) is 114 cm³/mol. The number of rotatable bonds is 6. The zero-order chi connectivity index (χ0) is 20.4. The highest BCUT2D eigenvalue weighted by molar-refractivity contribution is 7.89. The fourth-order valence-electron chi connectivity index (χ4n) is 4.19. The van der Waals surface area contributed by atoms with Crippen molar-refractivity contribution in [2.24, 2.45) is 0 Å². The third-order valence-electron chi connectivity index (χ3n) is 5.55. The minimum absolute atomic E-state index is 0.141. The first kappa shape index (κ1) is 19.7. The van der Waals surface area contributed by atoms with Gasteiger partial charge in [-0.25, -0.2) is 8.42 Å². The molecule has 1 aliphatic heterocycles. The van der Waals surface area contributed by atoms with Crippen LogP contribution in [0, 0.1) is 0 Å². The van der Waals surface area contributed by atoms with Gasteiger partial charge >= 0.3 is 0 Å². The minimum atomic E-state index is -3.31. The molecular formula is C23H25NO4S. The standard InChI is InChI=1S/C23H25NO4S/c1-29(26,27)16-20-19-11-5-6-12-21(19)28-22(20)23(25)24-15-7-10-18(24)14-13-17-8-3-2-4-9-17/h2-6,8-9,11-12,18H,7,10,13-16H2,1H3. The van der Waals surface area contributed by atoms with Gasteiger partial charge in [0, 0.05) is 29.8 Å². The van der Waals surface area contributed by atoms with Crippen LogP contribution in [-0.4, -0.2) is 38.1 Å². The highest BCUT2D eigenvalue weighted by Gasteiger charge is 2.33. The van der Waals surface area contributed by atoms with Crippen molar-refractivity contribution in [2.45, 2.75) is 37.5 Å². The molecule has 2 heterocycles. The summed E-state index contributed by atoms with van der Waals surface area (Å²) >= 11 is 0. The van der Waals surface area contributed by atoms with E-state index in [4.69, 9.17) is 4.42 Å². The van der Waals surface area contributed by atoms with Crippen LogP contribution in [0.3, 0.4) is 0 Å². The summed E-state index contributed by atoms with van der Waals surface area (Å²) in [5, 5.41) is 0.696. The van der Waals surface area contributed by atoms with Gasteiger partial charge in [0.05, 0.1) is 5.75 Å². The Balaban J connectivity index is 1.61. The number of carbonyl (C=O) groups is 1. The number of hydrogen-bond acceptors (Lipinski definition) is 4. The van der Waals surface area contributed by atoms with Gasteiger partial charge in [-0.2, -0.15) is 0 Å². The number of sulfone groups is 1. The zero-order valence-corrected chi connectivity index (χ0v) is 17.3. The Bertz CT molecular complexity index is 1120. The maximum absolute atomic E-state index is 13.4. The van der Waals surface area contributed by atoms with E-state index in [1.807, 2.05) is 41.3 Å². The lowest BCUT2D eigenvalue weighted by atomic mass is 10.0. The van der Waals surface area contributed by atoms with E-state index >= 15 is 0 Å². The molecule has 2 aromatic carbocycles. The Morgan fingerprint density at radius 1 is 1.10 bits per heavy atom. The fourth-order valence-corrected chi connectivity index (χ4v) is 5.00. The molecule has 1 amide bonds. The van der Waals surface area contributed by atoms with Crippen molar-refractivity contribution in [1.29, 1.82) is 0 Å². The Hall–Kier alpha value is -2.60. The van der Waals surface area contributed by atoms with Crippen LogP contribution in [0.25, 0.3) is 11.0 Å². The summed E-state index contributed by atoms with van der Waals surface area (Å²) in [7, 11) is -3.31. The Kier molecular flexibility index (Phi) is 5.46. The molecule has 1 saturated heterocycles. The van der Waals surface area contributed by atoms with Gasteiger partial charge in [0.15, 0.2) is 15.6 Å². The predicted octanol–water partition coefficient (Wildman–Crippen LogP) is 4.21. The topological polar surface area (TPSA) is 67.6 Å². The first-order valence-corrected chi connectivity index (χ1v) is 12.0. The Labute approximate surface area is 171 Å². The summed E-state index contributed by atoms with van der Waals surface area (Å²) in [6.07, 6.45) is 4.89. The minimum Gasteiger partial charge on any atom is -0.451 e. The largest absolute Gasteiger partial charge is 0.451 e. The van der Waals surface area contributed by atoms with Gasteiger partial charge in [-0.3, -0.25) is 4.79 Å². The van der Waals surface area contributed by atoms with Crippen molar-refractivity contribution < 1.29 is 17.6 Å². The van der Waals surface area contributed by atoms with Gasteiger partial charge in [0.25, 0.3) is 5.91 Å². The van der Waals surface area contributed by atoms with Crippen LogP contribution in [0.4, 0.5) is 0 Å². The molecule has 0 spiro atoms. The molecule has 3 aromatic rings. The molecular weight excluding hydrogens is 386 g/mol. The first-order valence-electron chi connectivity index (χ1n) is 9.95. The molecule has 1 aromatic heterocycles. The number of aryl methyl sites for hydroxylation is 1. The number of nitrogens with zero attached hydrogens (tertiary/aromatic N) is 1. The highest BCUT2D eigenvalue weighted by atomic mass is 32.2. The normalized spacial score (nSPS) is 17.1.